The van der Waals surface area contributed by atoms with Gasteiger partial charge in [0.25, 0.3) is 5.91 Å². The van der Waals surface area contributed by atoms with Crippen LogP contribution in [0.3, 0.4) is 0 Å². The SMILES string of the molecule is Cc1ccccc1OCCN(C)C(=O)c1ccc(Br)cc1F. The number of halogens is 2. The predicted octanol–water partition coefficient (Wildman–Crippen LogP) is 4.05. The minimum absolute atomic E-state index is 0.0570. The van der Waals surface area contributed by atoms with Crippen LogP contribution in [0.1, 0.15) is 15.9 Å². The van der Waals surface area contributed by atoms with Gasteiger partial charge in [0.2, 0.25) is 0 Å². The van der Waals surface area contributed by atoms with E-state index in [4.69, 9.17) is 4.74 Å². The average Bonchev–Trinajstić information content (AvgIpc) is 2.48. The molecule has 1 amide bonds. The zero-order valence-corrected chi connectivity index (χ0v) is 14.1. The minimum atomic E-state index is -0.536. The molecule has 0 saturated heterocycles. The summed E-state index contributed by atoms with van der Waals surface area (Å²) >= 11 is 3.17. The van der Waals surface area contributed by atoms with Gasteiger partial charge >= 0.3 is 0 Å². The Balaban J connectivity index is 1.93. The maximum absolute atomic E-state index is 13.8. The Labute approximate surface area is 137 Å². The number of nitrogens with zero attached hydrogens (tertiary/aromatic N) is 1. The van der Waals surface area contributed by atoms with E-state index in [9.17, 15) is 9.18 Å². The molecule has 2 rings (SSSR count). The van der Waals surface area contributed by atoms with Gasteiger partial charge in [0.05, 0.1) is 12.1 Å². The lowest BCUT2D eigenvalue weighted by molar-refractivity contribution is 0.0769. The fraction of sp³-hybridized carbons (Fsp3) is 0.235. The fourth-order valence-corrected chi connectivity index (χ4v) is 2.31. The van der Waals surface area contributed by atoms with Crippen molar-refractivity contribution in [2.75, 3.05) is 20.2 Å². The molecule has 0 aliphatic heterocycles. The van der Waals surface area contributed by atoms with E-state index in [1.54, 1.807) is 13.1 Å². The third kappa shape index (κ3) is 4.07. The summed E-state index contributed by atoms with van der Waals surface area (Å²) in [5.41, 5.74) is 1.09. The molecule has 0 aliphatic rings. The smallest absolute Gasteiger partial charge is 0.256 e. The lowest BCUT2D eigenvalue weighted by Gasteiger charge is -2.18. The summed E-state index contributed by atoms with van der Waals surface area (Å²) in [7, 11) is 1.63. The third-order valence-electron chi connectivity index (χ3n) is 3.29. The van der Waals surface area contributed by atoms with Crippen LogP contribution < -0.4 is 4.74 Å². The highest BCUT2D eigenvalue weighted by Gasteiger charge is 2.16. The lowest BCUT2D eigenvalue weighted by Crippen LogP contribution is -2.31. The molecule has 2 aromatic rings. The van der Waals surface area contributed by atoms with Gasteiger partial charge in [-0.15, -0.1) is 0 Å². The molecule has 0 fully saturated rings. The molecule has 0 atom stereocenters. The van der Waals surface area contributed by atoms with Crippen LogP contribution in [0.15, 0.2) is 46.9 Å². The van der Waals surface area contributed by atoms with Crippen molar-refractivity contribution in [3.05, 3.63) is 63.9 Å². The average molecular weight is 366 g/mol. The second kappa shape index (κ2) is 7.40. The number of para-hydroxylation sites is 1. The van der Waals surface area contributed by atoms with Crippen LogP contribution in [-0.4, -0.2) is 31.0 Å². The van der Waals surface area contributed by atoms with Crippen molar-refractivity contribution in [3.63, 3.8) is 0 Å². The summed E-state index contributed by atoms with van der Waals surface area (Å²) in [6, 6.07) is 12.1. The summed E-state index contributed by atoms with van der Waals surface area (Å²) in [4.78, 5) is 13.7. The normalized spacial score (nSPS) is 10.4. The number of hydrogen-bond acceptors (Lipinski definition) is 2. The molecule has 0 saturated carbocycles. The van der Waals surface area contributed by atoms with Crippen LogP contribution in [0.2, 0.25) is 0 Å². The molecular weight excluding hydrogens is 349 g/mol. The van der Waals surface area contributed by atoms with E-state index in [0.29, 0.717) is 17.6 Å². The van der Waals surface area contributed by atoms with Crippen molar-refractivity contribution < 1.29 is 13.9 Å². The van der Waals surface area contributed by atoms with Crippen molar-refractivity contribution >= 4 is 21.8 Å². The topological polar surface area (TPSA) is 29.5 Å². The van der Waals surface area contributed by atoms with E-state index in [-0.39, 0.29) is 11.5 Å². The Hall–Kier alpha value is -1.88. The fourth-order valence-electron chi connectivity index (χ4n) is 1.98. The first-order chi connectivity index (χ1) is 10.5. The van der Waals surface area contributed by atoms with Crippen molar-refractivity contribution in [2.45, 2.75) is 6.92 Å². The Kier molecular flexibility index (Phi) is 5.55. The van der Waals surface area contributed by atoms with Gasteiger partial charge in [0.1, 0.15) is 18.2 Å². The highest BCUT2D eigenvalue weighted by molar-refractivity contribution is 9.10. The van der Waals surface area contributed by atoms with Gasteiger partial charge in [-0.1, -0.05) is 34.1 Å². The van der Waals surface area contributed by atoms with Crippen LogP contribution in [-0.2, 0) is 0 Å². The van der Waals surface area contributed by atoms with E-state index in [0.717, 1.165) is 11.3 Å². The summed E-state index contributed by atoms with van der Waals surface area (Å²) in [6.45, 7) is 2.69. The number of rotatable bonds is 5. The van der Waals surface area contributed by atoms with Crippen molar-refractivity contribution in [1.29, 1.82) is 0 Å². The molecule has 5 heteroatoms. The number of aryl methyl sites for hydroxylation is 1. The Bertz CT molecular complexity index is 675. The monoisotopic (exact) mass is 365 g/mol. The Morgan fingerprint density at radius 2 is 2.00 bits per heavy atom. The maximum atomic E-state index is 13.8. The van der Waals surface area contributed by atoms with Gasteiger partial charge in [-0.3, -0.25) is 4.79 Å². The molecule has 0 aromatic heterocycles. The van der Waals surface area contributed by atoms with Crippen LogP contribution in [0.5, 0.6) is 5.75 Å². The molecule has 0 N–H and O–H groups in total. The van der Waals surface area contributed by atoms with Crippen molar-refractivity contribution in [2.24, 2.45) is 0 Å². The van der Waals surface area contributed by atoms with Crippen molar-refractivity contribution in [1.82, 2.24) is 4.90 Å². The summed E-state index contributed by atoms with van der Waals surface area (Å²) in [5.74, 6) is -0.109. The van der Waals surface area contributed by atoms with Gasteiger partial charge in [0, 0.05) is 11.5 Å². The van der Waals surface area contributed by atoms with Crippen LogP contribution >= 0.6 is 15.9 Å². The Morgan fingerprint density at radius 1 is 1.27 bits per heavy atom. The first-order valence-corrected chi connectivity index (χ1v) is 7.67. The van der Waals surface area contributed by atoms with Gasteiger partial charge in [-0.2, -0.15) is 0 Å². The second-order valence-corrected chi connectivity index (χ2v) is 5.88. The van der Waals surface area contributed by atoms with Gasteiger partial charge in [-0.05, 0) is 36.8 Å². The molecule has 22 heavy (non-hydrogen) atoms. The van der Waals surface area contributed by atoms with E-state index in [1.165, 1.54) is 17.0 Å². The molecule has 3 nitrogen and oxygen atoms in total. The number of benzene rings is 2. The van der Waals surface area contributed by atoms with Crippen LogP contribution in [0.25, 0.3) is 0 Å². The Morgan fingerprint density at radius 3 is 2.68 bits per heavy atom. The van der Waals surface area contributed by atoms with Gasteiger partial charge < -0.3 is 9.64 Å². The van der Waals surface area contributed by atoms with Gasteiger partial charge in [-0.25, -0.2) is 4.39 Å². The molecule has 0 heterocycles. The zero-order valence-electron chi connectivity index (χ0n) is 12.5. The molecule has 0 bridgehead atoms. The molecule has 2 aromatic carbocycles. The number of hydrogen-bond donors (Lipinski definition) is 0. The zero-order chi connectivity index (χ0) is 16.1. The molecular formula is C17H17BrFNO2. The van der Waals surface area contributed by atoms with E-state index in [2.05, 4.69) is 15.9 Å². The molecule has 0 unspecified atom stereocenters. The highest BCUT2D eigenvalue weighted by Crippen LogP contribution is 2.17. The van der Waals surface area contributed by atoms with E-state index < -0.39 is 5.82 Å². The van der Waals surface area contributed by atoms with E-state index in [1.807, 2.05) is 31.2 Å². The summed E-state index contributed by atoms with van der Waals surface area (Å²) < 4.78 is 20.0. The van der Waals surface area contributed by atoms with E-state index >= 15 is 0 Å². The quantitative estimate of drug-likeness (QED) is 0.799. The molecule has 0 aliphatic carbocycles. The van der Waals surface area contributed by atoms with Gasteiger partial charge in [0.15, 0.2) is 0 Å². The molecule has 116 valence electrons. The molecule has 0 radical (unpaired) electrons. The maximum Gasteiger partial charge on any atom is 0.256 e. The number of likely N-dealkylation sites (N-methyl/N-ethyl adjacent to an activating group) is 1. The minimum Gasteiger partial charge on any atom is -0.491 e. The first-order valence-electron chi connectivity index (χ1n) is 6.88. The molecule has 0 spiro atoms. The number of ether oxygens (including phenoxy) is 1. The standard InChI is InChI=1S/C17H17BrFNO2/c1-12-5-3-4-6-16(12)22-10-9-20(2)17(21)14-8-7-13(18)11-15(14)19/h3-8,11H,9-10H2,1-2H3. The summed E-state index contributed by atoms with van der Waals surface area (Å²) in [5, 5.41) is 0. The predicted molar refractivity (Wildman–Crippen MR) is 87.7 cm³/mol. The third-order valence-corrected chi connectivity index (χ3v) is 3.78. The second-order valence-electron chi connectivity index (χ2n) is 4.96. The lowest BCUT2D eigenvalue weighted by atomic mass is 10.2. The highest BCUT2D eigenvalue weighted by atomic mass is 79.9. The van der Waals surface area contributed by atoms with Crippen LogP contribution in [0.4, 0.5) is 4.39 Å². The largest absolute Gasteiger partial charge is 0.491 e. The summed E-state index contributed by atoms with van der Waals surface area (Å²) in [6.07, 6.45) is 0. The number of amides is 1. The number of carbonyl (C=O) groups excluding carboxylic acids is 1. The first kappa shape index (κ1) is 16.5. The van der Waals surface area contributed by atoms with Crippen LogP contribution in [0, 0.1) is 12.7 Å². The number of carbonyl (C=O) groups is 1. The van der Waals surface area contributed by atoms with Crippen molar-refractivity contribution in [3.8, 4) is 5.75 Å².